The average Bonchev–Trinajstić information content (AvgIpc) is 2.69. The van der Waals surface area contributed by atoms with E-state index >= 15 is 0 Å². The van der Waals surface area contributed by atoms with Gasteiger partial charge in [-0.05, 0) is 33.1 Å². The summed E-state index contributed by atoms with van der Waals surface area (Å²) in [7, 11) is 3.40. The summed E-state index contributed by atoms with van der Waals surface area (Å²) in [6.45, 7) is 8.57. The number of methoxy groups -OCH3 is 2. The zero-order valence-corrected chi connectivity index (χ0v) is 16.9. The fourth-order valence-corrected chi connectivity index (χ4v) is 3.42. The molecule has 3 rings (SSSR count). The molecule has 1 aliphatic rings. The summed E-state index contributed by atoms with van der Waals surface area (Å²) in [6.07, 6.45) is 3.66. The number of hydrogen-bond acceptors (Lipinski definition) is 8. The van der Waals surface area contributed by atoms with E-state index in [9.17, 15) is 0 Å². The van der Waals surface area contributed by atoms with Crippen LogP contribution in [0.1, 0.15) is 30.8 Å². The van der Waals surface area contributed by atoms with E-state index in [-0.39, 0.29) is 0 Å². The van der Waals surface area contributed by atoms with Crippen LogP contribution < -0.4 is 9.80 Å². The Morgan fingerprint density at radius 3 is 2.15 bits per heavy atom. The fourth-order valence-electron chi connectivity index (χ4n) is 3.42. The minimum atomic E-state index is 0.605. The summed E-state index contributed by atoms with van der Waals surface area (Å²) in [4.78, 5) is 23.4. The van der Waals surface area contributed by atoms with Gasteiger partial charge >= 0.3 is 0 Å². The van der Waals surface area contributed by atoms with Crippen LogP contribution in [0.15, 0.2) is 0 Å². The van der Waals surface area contributed by atoms with Crippen molar-refractivity contribution in [3.63, 3.8) is 0 Å². The van der Waals surface area contributed by atoms with Gasteiger partial charge in [0.05, 0.1) is 18.9 Å². The zero-order chi connectivity index (χ0) is 19.2. The molecule has 1 fully saturated rings. The first kappa shape index (κ1) is 19.7. The highest BCUT2D eigenvalue weighted by molar-refractivity contribution is 5.88. The lowest BCUT2D eigenvalue weighted by Gasteiger charge is -2.29. The van der Waals surface area contributed by atoms with E-state index in [2.05, 4.69) is 14.8 Å². The van der Waals surface area contributed by atoms with Crippen LogP contribution in [-0.4, -0.2) is 73.5 Å². The minimum Gasteiger partial charge on any atom is -0.383 e. The molecule has 2 aromatic heterocycles. The van der Waals surface area contributed by atoms with Crippen molar-refractivity contribution in [1.29, 1.82) is 0 Å². The molecule has 0 bridgehead atoms. The molecule has 3 heterocycles. The standard InChI is InChI=1S/C19H30N6O2/c1-14-16-17(18(22-15(2)21-16)24-8-6-5-7-9-24)23-19(20-14)25(10-12-26-3)11-13-27-4/h5-13H2,1-4H3. The van der Waals surface area contributed by atoms with Gasteiger partial charge in [0.15, 0.2) is 5.82 Å². The first-order valence-corrected chi connectivity index (χ1v) is 9.64. The predicted molar refractivity (Wildman–Crippen MR) is 107 cm³/mol. The molecule has 0 aliphatic carbocycles. The second kappa shape index (κ2) is 9.23. The van der Waals surface area contributed by atoms with E-state index in [4.69, 9.17) is 24.4 Å². The maximum Gasteiger partial charge on any atom is 0.226 e. The van der Waals surface area contributed by atoms with Crippen molar-refractivity contribution in [1.82, 2.24) is 19.9 Å². The summed E-state index contributed by atoms with van der Waals surface area (Å²) in [5.41, 5.74) is 2.55. The van der Waals surface area contributed by atoms with Gasteiger partial charge in [0.25, 0.3) is 0 Å². The Morgan fingerprint density at radius 1 is 0.852 bits per heavy atom. The lowest BCUT2D eigenvalue weighted by atomic mass is 10.1. The number of aromatic nitrogens is 4. The largest absolute Gasteiger partial charge is 0.383 e. The molecule has 148 valence electrons. The van der Waals surface area contributed by atoms with Crippen LogP contribution in [0.3, 0.4) is 0 Å². The van der Waals surface area contributed by atoms with Crippen molar-refractivity contribution in [2.24, 2.45) is 0 Å². The first-order valence-electron chi connectivity index (χ1n) is 9.64. The van der Waals surface area contributed by atoms with Gasteiger partial charge in [-0.25, -0.2) is 19.9 Å². The van der Waals surface area contributed by atoms with Crippen molar-refractivity contribution in [3.8, 4) is 0 Å². The van der Waals surface area contributed by atoms with Gasteiger partial charge in [0.1, 0.15) is 16.9 Å². The van der Waals surface area contributed by atoms with Crippen LogP contribution in [0, 0.1) is 13.8 Å². The van der Waals surface area contributed by atoms with Gasteiger partial charge in [-0.2, -0.15) is 0 Å². The summed E-state index contributed by atoms with van der Waals surface area (Å²) in [5.74, 6) is 2.38. The Labute approximate surface area is 160 Å². The number of anilines is 2. The lowest BCUT2D eigenvalue weighted by Crippen LogP contribution is -2.33. The van der Waals surface area contributed by atoms with Gasteiger partial charge in [-0.3, -0.25) is 0 Å². The predicted octanol–water partition coefficient (Wildman–Crippen LogP) is 2.13. The third-order valence-electron chi connectivity index (χ3n) is 4.87. The monoisotopic (exact) mass is 374 g/mol. The van der Waals surface area contributed by atoms with Crippen molar-refractivity contribution in [3.05, 3.63) is 11.5 Å². The van der Waals surface area contributed by atoms with E-state index in [0.29, 0.717) is 32.3 Å². The number of nitrogens with zero attached hydrogens (tertiary/aromatic N) is 6. The first-order chi connectivity index (χ1) is 13.1. The molecule has 0 N–H and O–H groups in total. The quantitative estimate of drug-likeness (QED) is 0.695. The van der Waals surface area contributed by atoms with E-state index in [0.717, 1.165) is 41.5 Å². The molecule has 2 aromatic rings. The number of rotatable bonds is 8. The van der Waals surface area contributed by atoms with Crippen LogP contribution in [0.2, 0.25) is 0 Å². The molecule has 27 heavy (non-hydrogen) atoms. The van der Waals surface area contributed by atoms with Gasteiger partial charge < -0.3 is 19.3 Å². The zero-order valence-electron chi connectivity index (χ0n) is 16.9. The van der Waals surface area contributed by atoms with Gasteiger partial charge in [0, 0.05) is 40.4 Å². The SMILES string of the molecule is COCCN(CCOC)c1nc(C)c2nc(C)nc(N3CCCCC3)c2n1. The molecular weight excluding hydrogens is 344 g/mol. The lowest BCUT2D eigenvalue weighted by molar-refractivity contribution is 0.189. The third kappa shape index (κ3) is 4.62. The second-order valence-electron chi connectivity index (χ2n) is 6.92. The third-order valence-corrected chi connectivity index (χ3v) is 4.87. The molecule has 0 aromatic carbocycles. The van der Waals surface area contributed by atoms with E-state index < -0.39 is 0 Å². The fraction of sp³-hybridized carbons (Fsp3) is 0.684. The van der Waals surface area contributed by atoms with Crippen molar-refractivity contribution in [2.45, 2.75) is 33.1 Å². The number of aryl methyl sites for hydroxylation is 2. The van der Waals surface area contributed by atoms with Crippen LogP contribution in [0.5, 0.6) is 0 Å². The van der Waals surface area contributed by atoms with E-state index in [1.807, 2.05) is 13.8 Å². The normalized spacial score (nSPS) is 14.7. The summed E-state index contributed by atoms with van der Waals surface area (Å²) < 4.78 is 10.5. The molecule has 0 radical (unpaired) electrons. The van der Waals surface area contributed by atoms with Crippen LogP contribution in [0.4, 0.5) is 11.8 Å². The number of ether oxygens (including phenoxy) is 2. The molecule has 8 heteroatoms. The molecule has 1 aliphatic heterocycles. The maximum absolute atomic E-state index is 5.26. The molecule has 0 saturated carbocycles. The van der Waals surface area contributed by atoms with Gasteiger partial charge in [-0.15, -0.1) is 0 Å². The Bertz CT molecular complexity index is 755. The molecule has 0 spiro atoms. The number of piperidine rings is 1. The summed E-state index contributed by atoms with van der Waals surface area (Å²) >= 11 is 0. The van der Waals surface area contributed by atoms with Crippen LogP contribution in [0.25, 0.3) is 11.0 Å². The molecule has 8 nitrogen and oxygen atoms in total. The second-order valence-corrected chi connectivity index (χ2v) is 6.92. The Morgan fingerprint density at radius 2 is 1.52 bits per heavy atom. The average molecular weight is 374 g/mol. The van der Waals surface area contributed by atoms with Crippen LogP contribution >= 0.6 is 0 Å². The Hall–Kier alpha value is -2.06. The Kier molecular flexibility index (Phi) is 6.73. The van der Waals surface area contributed by atoms with E-state index in [1.54, 1.807) is 14.2 Å². The maximum atomic E-state index is 5.26. The van der Waals surface area contributed by atoms with Crippen LogP contribution in [-0.2, 0) is 9.47 Å². The molecule has 0 unspecified atom stereocenters. The number of hydrogen-bond donors (Lipinski definition) is 0. The molecular formula is C19H30N6O2. The number of fused-ring (bicyclic) bond motifs is 1. The minimum absolute atomic E-state index is 0.605. The van der Waals surface area contributed by atoms with Crippen molar-refractivity contribution >= 4 is 22.8 Å². The molecule has 0 atom stereocenters. The smallest absolute Gasteiger partial charge is 0.226 e. The summed E-state index contributed by atoms with van der Waals surface area (Å²) in [5, 5.41) is 0. The van der Waals surface area contributed by atoms with Gasteiger partial charge in [-0.1, -0.05) is 0 Å². The topological polar surface area (TPSA) is 76.5 Å². The summed E-state index contributed by atoms with van der Waals surface area (Å²) in [6, 6.07) is 0. The highest BCUT2D eigenvalue weighted by Crippen LogP contribution is 2.28. The highest BCUT2D eigenvalue weighted by atomic mass is 16.5. The van der Waals surface area contributed by atoms with E-state index in [1.165, 1.54) is 19.3 Å². The highest BCUT2D eigenvalue weighted by Gasteiger charge is 2.21. The van der Waals surface area contributed by atoms with Crippen molar-refractivity contribution < 1.29 is 9.47 Å². The molecule has 1 saturated heterocycles. The van der Waals surface area contributed by atoms with Crippen molar-refractivity contribution in [2.75, 3.05) is 63.4 Å². The Balaban J connectivity index is 2.05. The molecule has 0 amide bonds. The van der Waals surface area contributed by atoms with Gasteiger partial charge in [0.2, 0.25) is 5.95 Å².